The first-order chi connectivity index (χ1) is 11.6. The van der Waals surface area contributed by atoms with Gasteiger partial charge in [-0.15, -0.1) is 6.58 Å². The molecule has 2 heterocycles. The largest absolute Gasteiger partial charge is 0.490 e. The molecule has 0 fully saturated rings. The van der Waals surface area contributed by atoms with Gasteiger partial charge in [-0.1, -0.05) is 6.08 Å². The maximum atomic E-state index is 12.6. The van der Waals surface area contributed by atoms with E-state index in [9.17, 15) is 9.59 Å². The first-order valence-electron chi connectivity index (χ1n) is 7.93. The summed E-state index contributed by atoms with van der Waals surface area (Å²) in [5, 5.41) is 0. The summed E-state index contributed by atoms with van der Waals surface area (Å²) in [7, 11) is 1.26. The quantitative estimate of drug-likeness (QED) is 0.356. The van der Waals surface area contributed by atoms with Crippen LogP contribution in [0, 0.1) is 5.41 Å². The van der Waals surface area contributed by atoms with E-state index in [1.807, 2.05) is 6.92 Å². The number of methoxy groups -OCH3 is 1. The number of esters is 2. The molecule has 1 atom stereocenters. The zero-order chi connectivity index (χ0) is 17.3. The topological polar surface area (TPSA) is 71.1 Å². The second-order valence-electron chi connectivity index (χ2n) is 5.83. The number of ether oxygens (including phenoxy) is 4. The van der Waals surface area contributed by atoms with Gasteiger partial charge in [0, 0.05) is 24.0 Å². The molecule has 0 saturated heterocycles. The van der Waals surface area contributed by atoms with Gasteiger partial charge in [0.05, 0.1) is 20.3 Å². The molecule has 0 N–H and O–H groups in total. The number of fused-ring (bicyclic) bond motifs is 3. The van der Waals surface area contributed by atoms with E-state index in [2.05, 4.69) is 6.58 Å². The van der Waals surface area contributed by atoms with Gasteiger partial charge in [0.1, 0.15) is 5.75 Å². The van der Waals surface area contributed by atoms with E-state index in [4.69, 9.17) is 18.9 Å². The molecule has 0 spiro atoms. The fourth-order valence-corrected chi connectivity index (χ4v) is 3.32. The third kappa shape index (κ3) is 2.33. The Morgan fingerprint density at radius 3 is 2.92 bits per heavy atom. The molecule has 2 aliphatic heterocycles. The van der Waals surface area contributed by atoms with Crippen LogP contribution in [0.2, 0.25) is 0 Å². The van der Waals surface area contributed by atoms with Gasteiger partial charge in [0.25, 0.3) is 0 Å². The second kappa shape index (κ2) is 6.19. The van der Waals surface area contributed by atoms with Gasteiger partial charge >= 0.3 is 11.9 Å². The Labute approximate surface area is 140 Å². The van der Waals surface area contributed by atoms with Crippen LogP contribution in [0.25, 0.3) is 0 Å². The smallest absolute Gasteiger partial charge is 0.329 e. The lowest BCUT2D eigenvalue weighted by Gasteiger charge is -2.33. The summed E-state index contributed by atoms with van der Waals surface area (Å²) in [4.78, 5) is 25.0. The van der Waals surface area contributed by atoms with E-state index in [1.165, 1.54) is 13.2 Å². The first kappa shape index (κ1) is 16.4. The highest BCUT2D eigenvalue weighted by Crippen LogP contribution is 2.49. The normalized spacial score (nSPS) is 21.2. The van der Waals surface area contributed by atoms with Crippen LogP contribution in [-0.2, 0) is 27.2 Å². The minimum Gasteiger partial charge on any atom is -0.490 e. The van der Waals surface area contributed by atoms with Crippen molar-refractivity contribution in [3.63, 3.8) is 0 Å². The molecule has 1 unspecified atom stereocenters. The van der Waals surface area contributed by atoms with Gasteiger partial charge in [0.15, 0.2) is 16.9 Å². The molecular formula is C18H20O6. The zero-order valence-corrected chi connectivity index (χ0v) is 13.8. The molecule has 0 saturated carbocycles. The predicted molar refractivity (Wildman–Crippen MR) is 85.4 cm³/mol. The summed E-state index contributed by atoms with van der Waals surface area (Å²) in [5.41, 5.74) is 0.164. The van der Waals surface area contributed by atoms with Crippen LogP contribution in [0.4, 0.5) is 0 Å². The molecule has 1 aromatic rings. The Bertz CT molecular complexity index is 708. The van der Waals surface area contributed by atoms with Crippen molar-refractivity contribution in [2.75, 3.05) is 20.3 Å². The Morgan fingerprint density at radius 1 is 1.46 bits per heavy atom. The number of hydrogen-bond donors (Lipinski definition) is 0. The fraction of sp³-hybridized carbons (Fsp3) is 0.444. The van der Waals surface area contributed by atoms with Crippen molar-refractivity contribution in [3.8, 4) is 17.2 Å². The SMILES string of the molecule is C=CCC1(C(=O)OC)Cc2cc(OCC)c3c(c2OC1=O)CCO3. The van der Waals surface area contributed by atoms with Crippen LogP contribution in [0.15, 0.2) is 18.7 Å². The van der Waals surface area contributed by atoms with Crippen LogP contribution >= 0.6 is 0 Å². The molecule has 24 heavy (non-hydrogen) atoms. The van der Waals surface area contributed by atoms with Gasteiger partial charge < -0.3 is 18.9 Å². The van der Waals surface area contributed by atoms with Crippen molar-refractivity contribution < 1.29 is 28.5 Å². The van der Waals surface area contributed by atoms with Gasteiger partial charge in [-0.25, -0.2) is 0 Å². The Kier molecular flexibility index (Phi) is 4.22. The summed E-state index contributed by atoms with van der Waals surface area (Å²) in [6.07, 6.45) is 2.50. The molecule has 6 heteroatoms. The van der Waals surface area contributed by atoms with E-state index < -0.39 is 17.4 Å². The monoisotopic (exact) mass is 332 g/mol. The summed E-state index contributed by atoms with van der Waals surface area (Å²) >= 11 is 0. The number of hydrogen-bond acceptors (Lipinski definition) is 6. The molecular weight excluding hydrogens is 312 g/mol. The molecule has 2 aliphatic rings. The molecule has 0 aromatic heterocycles. The Hall–Kier alpha value is -2.50. The molecule has 0 radical (unpaired) electrons. The number of carbonyl (C=O) groups excluding carboxylic acids is 2. The summed E-state index contributed by atoms with van der Waals surface area (Å²) < 4.78 is 21.7. The van der Waals surface area contributed by atoms with Crippen molar-refractivity contribution in [2.24, 2.45) is 5.41 Å². The molecule has 128 valence electrons. The van der Waals surface area contributed by atoms with Crippen molar-refractivity contribution in [1.82, 2.24) is 0 Å². The average molecular weight is 332 g/mol. The molecule has 3 rings (SSSR count). The van der Waals surface area contributed by atoms with Crippen molar-refractivity contribution >= 4 is 11.9 Å². The lowest BCUT2D eigenvalue weighted by Crippen LogP contribution is -2.47. The number of benzene rings is 1. The second-order valence-corrected chi connectivity index (χ2v) is 5.83. The van der Waals surface area contributed by atoms with E-state index in [-0.39, 0.29) is 12.8 Å². The summed E-state index contributed by atoms with van der Waals surface area (Å²) in [6, 6.07) is 1.79. The van der Waals surface area contributed by atoms with E-state index >= 15 is 0 Å². The number of carbonyl (C=O) groups is 2. The standard InChI is InChI=1S/C18H20O6/c1-4-7-18(16(19)21-3)10-11-9-13(22-5-2)15-12(6-8-23-15)14(11)24-17(18)20/h4,9H,1,5-8,10H2,2-3H3. The zero-order valence-electron chi connectivity index (χ0n) is 13.8. The molecule has 0 bridgehead atoms. The van der Waals surface area contributed by atoms with Gasteiger partial charge in [-0.3, -0.25) is 9.59 Å². The molecule has 0 amide bonds. The van der Waals surface area contributed by atoms with E-state index in [0.29, 0.717) is 36.9 Å². The lowest BCUT2D eigenvalue weighted by atomic mass is 9.76. The summed E-state index contributed by atoms with van der Waals surface area (Å²) in [5.74, 6) is 0.490. The maximum absolute atomic E-state index is 12.6. The highest BCUT2D eigenvalue weighted by Gasteiger charge is 2.52. The maximum Gasteiger partial charge on any atom is 0.329 e. The Balaban J connectivity index is 2.12. The van der Waals surface area contributed by atoms with Crippen LogP contribution in [0.3, 0.4) is 0 Å². The fourth-order valence-electron chi connectivity index (χ4n) is 3.32. The van der Waals surface area contributed by atoms with Gasteiger partial charge in [-0.05, 0) is 19.4 Å². The lowest BCUT2D eigenvalue weighted by molar-refractivity contribution is -0.166. The van der Waals surface area contributed by atoms with Crippen LogP contribution in [0.5, 0.6) is 17.2 Å². The Morgan fingerprint density at radius 2 is 2.25 bits per heavy atom. The number of rotatable bonds is 5. The minimum atomic E-state index is -1.40. The molecule has 0 aliphatic carbocycles. The predicted octanol–water partition coefficient (Wildman–Crippen LogP) is 2.22. The third-order valence-corrected chi connectivity index (χ3v) is 4.41. The highest BCUT2D eigenvalue weighted by molar-refractivity contribution is 6.02. The molecule has 1 aromatic carbocycles. The van der Waals surface area contributed by atoms with Crippen molar-refractivity contribution in [1.29, 1.82) is 0 Å². The van der Waals surface area contributed by atoms with E-state index in [1.54, 1.807) is 6.07 Å². The summed E-state index contributed by atoms with van der Waals surface area (Å²) in [6.45, 7) is 6.54. The van der Waals surface area contributed by atoms with Crippen molar-refractivity contribution in [2.45, 2.75) is 26.2 Å². The minimum absolute atomic E-state index is 0.148. The highest BCUT2D eigenvalue weighted by atomic mass is 16.6. The van der Waals surface area contributed by atoms with E-state index in [0.717, 1.165) is 11.1 Å². The third-order valence-electron chi connectivity index (χ3n) is 4.41. The van der Waals surface area contributed by atoms with Crippen LogP contribution in [0.1, 0.15) is 24.5 Å². The van der Waals surface area contributed by atoms with Crippen LogP contribution < -0.4 is 14.2 Å². The molecule has 6 nitrogen and oxygen atoms in total. The van der Waals surface area contributed by atoms with Gasteiger partial charge in [-0.2, -0.15) is 0 Å². The first-order valence-corrected chi connectivity index (χ1v) is 7.93. The number of allylic oxidation sites excluding steroid dienone is 1. The van der Waals surface area contributed by atoms with Gasteiger partial charge in [0.2, 0.25) is 0 Å². The van der Waals surface area contributed by atoms with Crippen molar-refractivity contribution in [3.05, 3.63) is 29.8 Å². The average Bonchev–Trinajstić information content (AvgIpc) is 3.06. The van der Waals surface area contributed by atoms with Crippen LogP contribution in [-0.4, -0.2) is 32.3 Å².